The first-order chi connectivity index (χ1) is 11.0. The lowest BCUT2D eigenvalue weighted by atomic mass is 10.0. The summed E-state index contributed by atoms with van der Waals surface area (Å²) < 4.78 is 27.9. The summed E-state index contributed by atoms with van der Waals surface area (Å²) in [4.78, 5) is 4.15. The Bertz CT molecular complexity index is 836. The molecule has 0 saturated heterocycles. The van der Waals surface area contributed by atoms with E-state index in [1.165, 1.54) is 12.1 Å². The maximum absolute atomic E-state index is 13.0. The number of aryl methyl sites for hydroxylation is 1. The Hall–Kier alpha value is -2.05. The Morgan fingerprint density at radius 3 is 2.67 bits per heavy atom. The standard InChI is InChI=1S/C16H13ClF2N4.ClH/c1-10-20-4-5-23(10)9-13-6-12(8-21-22-13)11-2-3-15(17)14(7-11)16(18)19;/h2-8,16H,9H2,1H3;1H. The highest BCUT2D eigenvalue weighted by Crippen LogP contribution is 2.31. The number of benzene rings is 1. The monoisotopic (exact) mass is 370 g/mol. The number of imidazole rings is 1. The molecule has 0 aliphatic heterocycles. The molecule has 24 heavy (non-hydrogen) atoms. The molecule has 1 aromatic carbocycles. The van der Waals surface area contributed by atoms with Crippen LogP contribution < -0.4 is 0 Å². The molecule has 0 amide bonds. The molecule has 2 aromatic heterocycles. The molecule has 0 saturated carbocycles. The van der Waals surface area contributed by atoms with Crippen molar-refractivity contribution in [2.75, 3.05) is 0 Å². The van der Waals surface area contributed by atoms with Gasteiger partial charge in [-0.25, -0.2) is 13.8 Å². The third kappa shape index (κ3) is 3.88. The third-order valence-electron chi connectivity index (χ3n) is 3.53. The Morgan fingerprint density at radius 1 is 1.21 bits per heavy atom. The summed E-state index contributed by atoms with van der Waals surface area (Å²) >= 11 is 5.80. The van der Waals surface area contributed by atoms with E-state index in [2.05, 4.69) is 15.2 Å². The van der Waals surface area contributed by atoms with Gasteiger partial charge in [-0.3, -0.25) is 0 Å². The molecule has 0 radical (unpaired) electrons. The Morgan fingerprint density at radius 2 is 2.00 bits per heavy atom. The maximum atomic E-state index is 13.0. The minimum absolute atomic E-state index is 0. The number of alkyl halides is 2. The molecule has 8 heteroatoms. The summed E-state index contributed by atoms with van der Waals surface area (Å²) in [6, 6.07) is 6.37. The van der Waals surface area contributed by atoms with Gasteiger partial charge >= 0.3 is 0 Å². The number of halogens is 4. The van der Waals surface area contributed by atoms with Crippen molar-refractivity contribution in [3.63, 3.8) is 0 Å². The molecule has 3 aromatic rings. The summed E-state index contributed by atoms with van der Waals surface area (Å²) in [5.41, 5.74) is 1.87. The van der Waals surface area contributed by atoms with Gasteiger partial charge in [0.05, 0.1) is 18.4 Å². The predicted molar refractivity (Wildman–Crippen MR) is 90.7 cm³/mol. The van der Waals surface area contributed by atoms with E-state index in [4.69, 9.17) is 11.6 Å². The highest BCUT2D eigenvalue weighted by Gasteiger charge is 2.13. The van der Waals surface area contributed by atoms with E-state index in [0.717, 1.165) is 11.5 Å². The zero-order valence-electron chi connectivity index (χ0n) is 12.7. The highest BCUT2D eigenvalue weighted by atomic mass is 35.5. The molecule has 0 bridgehead atoms. The van der Waals surface area contributed by atoms with Gasteiger partial charge in [0.25, 0.3) is 6.43 Å². The van der Waals surface area contributed by atoms with E-state index in [9.17, 15) is 8.78 Å². The first-order valence-corrected chi connectivity index (χ1v) is 7.29. The number of rotatable bonds is 4. The predicted octanol–water partition coefficient (Wildman–Crippen LogP) is 4.71. The fraction of sp³-hybridized carbons (Fsp3) is 0.188. The molecule has 0 aliphatic carbocycles. The van der Waals surface area contributed by atoms with Crippen LogP contribution in [0.1, 0.15) is 23.5 Å². The van der Waals surface area contributed by atoms with Crippen LogP contribution >= 0.6 is 24.0 Å². The van der Waals surface area contributed by atoms with Crippen LogP contribution in [0.15, 0.2) is 42.9 Å². The fourth-order valence-corrected chi connectivity index (χ4v) is 2.48. The van der Waals surface area contributed by atoms with E-state index in [1.807, 2.05) is 23.8 Å². The van der Waals surface area contributed by atoms with Crippen molar-refractivity contribution in [1.82, 2.24) is 19.7 Å². The van der Waals surface area contributed by atoms with Gasteiger partial charge in [-0.2, -0.15) is 10.2 Å². The van der Waals surface area contributed by atoms with E-state index in [1.54, 1.807) is 18.5 Å². The molecule has 2 heterocycles. The van der Waals surface area contributed by atoms with E-state index in [0.29, 0.717) is 17.7 Å². The summed E-state index contributed by atoms with van der Waals surface area (Å²) in [5.74, 6) is 0.865. The van der Waals surface area contributed by atoms with Crippen LogP contribution in [0.4, 0.5) is 8.78 Å². The highest BCUT2D eigenvalue weighted by molar-refractivity contribution is 6.31. The van der Waals surface area contributed by atoms with E-state index >= 15 is 0 Å². The van der Waals surface area contributed by atoms with Crippen LogP contribution in [0, 0.1) is 6.92 Å². The lowest BCUT2D eigenvalue weighted by molar-refractivity contribution is 0.151. The first kappa shape index (κ1) is 18.3. The number of hydrogen-bond donors (Lipinski definition) is 0. The van der Waals surface area contributed by atoms with Gasteiger partial charge in [0, 0.05) is 28.5 Å². The number of nitrogens with zero attached hydrogens (tertiary/aromatic N) is 4. The van der Waals surface area contributed by atoms with Crippen LogP contribution in [-0.2, 0) is 6.54 Å². The molecule has 126 valence electrons. The molecule has 0 fully saturated rings. The van der Waals surface area contributed by atoms with Crippen molar-refractivity contribution >= 4 is 24.0 Å². The van der Waals surface area contributed by atoms with E-state index in [-0.39, 0.29) is 23.0 Å². The normalized spacial score (nSPS) is 10.7. The summed E-state index contributed by atoms with van der Waals surface area (Å²) in [6.45, 7) is 2.41. The Kier molecular flexibility index (Phi) is 5.85. The minimum atomic E-state index is -2.62. The average molecular weight is 371 g/mol. The van der Waals surface area contributed by atoms with Crippen molar-refractivity contribution in [2.45, 2.75) is 19.9 Å². The van der Waals surface area contributed by atoms with Gasteiger partial charge in [0.2, 0.25) is 0 Å². The van der Waals surface area contributed by atoms with E-state index < -0.39 is 6.43 Å². The van der Waals surface area contributed by atoms with Crippen LogP contribution in [-0.4, -0.2) is 19.7 Å². The lowest BCUT2D eigenvalue weighted by Crippen LogP contribution is -2.04. The average Bonchev–Trinajstić information content (AvgIpc) is 2.93. The van der Waals surface area contributed by atoms with Crippen molar-refractivity contribution in [3.05, 3.63) is 65.0 Å². The van der Waals surface area contributed by atoms with Crippen molar-refractivity contribution in [3.8, 4) is 11.1 Å². The van der Waals surface area contributed by atoms with Crippen LogP contribution in [0.2, 0.25) is 5.02 Å². The maximum Gasteiger partial charge on any atom is 0.265 e. The fourth-order valence-electron chi connectivity index (χ4n) is 2.28. The Balaban J connectivity index is 0.00000208. The molecule has 0 aliphatic rings. The topological polar surface area (TPSA) is 43.6 Å². The van der Waals surface area contributed by atoms with Crippen molar-refractivity contribution in [2.24, 2.45) is 0 Å². The number of hydrogen-bond acceptors (Lipinski definition) is 3. The quantitative estimate of drug-likeness (QED) is 0.667. The molecular weight excluding hydrogens is 357 g/mol. The molecule has 3 rings (SSSR count). The molecule has 0 unspecified atom stereocenters. The second kappa shape index (κ2) is 7.68. The van der Waals surface area contributed by atoms with Crippen molar-refractivity contribution < 1.29 is 8.78 Å². The molecule has 0 spiro atoms. The largest absolute Gasteiger partial charge is 0.329 e. The van der Waals surface area contributed by atoms with Gasteiger partial charge in [-0.05, 0) is 30.7 Å². The Labute approximate surface area is 148 Å². The van der Waals surface area contributed by atoms with Crippen LogP contribution in [0.5, 0.6) is 0 Å². The SMILES string of the molecule is Cc1nccn1Cc1cc(-c2ccc(Cl)c(C(F)F)c2)cnn1.Cl. The zero-order chi connectivity index (χ0) is 16.4. The first-order valence-electron chi connectivity index (χ1n) is 6.92. The van der Waals surface area contributed by atoms with Crippen molar-refractivity contribution in [1.29, 1.82) is 0 Å². The summed E-state index contributed by atoms with van der Waals surface area (Å²) in [6.07, 6.45) is 2.48. The van der Waals surface area contributed by atoms with Gasteiger partial charge < -0.3 is 4.57 Å². The molecule has 0 N–H and O–H groups in total. The summed E-state index contributed by atoms with van der Waals surface area (Å²) in [5, 5.41) is 8.10. The molecule has 0 atom stereocenters. The smallest absolute Gasteiger partial charge is 0.265 e. The zero-order valence-corrected chi connectivity index (χ0v) is 14.2. The molecular formula is C16H14Cl2F2N4. The van der Waals surface area contributed by atoms with Gasteiger partial charge in [-0.15, -0.1) is 12.4 Å². The van der Waals surface area contributed by atoms with Gasteiger partial charge in [0.15, 0.2) is 0 Å². The van der Waals surface area contributed by atoms with Gasteiger partial charge in [0.1, 0.15) is 5.82 Å². The summed E-state index contributed by atoms with van der Waals surface area (Å²) in [7, 11) is 0. The minimum Gasteiger partial charge on any atom is -0.329 e. The number of aromatic nitrogens is 4. The van der Waals surface area contributed by atoms with Crippen LogP contribution in [0.3, 0.4) is 0 Å². The molecule has 4 nitrogen and oxygen atoms in total. The van der Waals surface area contributed by atoms with Gasteiger partial charge in [-0.1, -0.05) is 17.7 Å². The lowest BCUT2D eigenvalue weighted by Gasteiger charge is -2.09. The third-order valence-corrected chi connectivity index (χ3v) is 3.87. The van der Waals surface area contributed by atoms with Crippen LogP contribution in [0.25, 0.3) is 11.1 Å². The second-order valence-corrected chi connectivity index (χ2v) is 5.48. The second-order valence-electron chi connectivity index (χ2n) is 5.07.